The minimum absolute atomic E-state index is 0.373. The van der Waals surface area contributed by atoms with Crippen molar-refractivity contribution in [3.63, 3.8) is 0 Å². The van der Waals surface area contributed by atoms with Gasteiger partial charge in [0.1, 0.15) is 0 Å². The van der Waals surface area contributed by atoms with E-state index in [4.69, 9.17) is 11.1 Å². The normalized spacial score (nSPS) is 13.8. The molecule has 0 aromatic carbocycles. The summed E-state index contributed by atoms with van der Waals surface area (Å²) in [4.78, 5) is 0.373. The van der Waals surface area contributed by atoms with Crippen LogP contribution < -0.4 is 5.73 Å². The van der Waals surface area contributed by atoms with Gasteiger partial charge < -0.3 is 11.1 Å². The zero-order chi connectivity index (χ0) is 7.82. The third-order valence-electron chi connectivity index (χ3n) is 1.07. The van der Waals surface area contributed by atoms with E-state index in [0.717, 1.165) is 12.8 Å². The predicted molar refractivity (Wildman–Crippen MR) is 48.9 cm³/mol. The van der Waals surface area contributed by atoms with E-state index in [-0.39, 0.29) is 0 Å². The Balaban J connectivity index is 3.32. The molecule has 3 N–H and O–H groups in total. The highest BCUT2D eigenvalue weighted by atomic mass is 79.9. The van der Waals surface area contributed by atoms with Crippen molar-refractivity contribution >= 4 is 22.1 Å². The Labute approximate surface area is 70.1 Å². The highest BCUT2D eigenvalue weighted by Gasteiger charge is 1.94. The van der Waals surface area contributed by atoms with E-state index in [1.807, 2.05) is 12.2 Å². The third kappa shape index (κ3) is 5.98. The second-order valence-corrected chi connectivity index (χ2v) is 3.14. The molecule has 0 radical (unpaired) electrons. The van der Waals surface area contributed by atoms with Crippen LogP contribution in [-0.4, -0.2) is 17.6 Å². The molecule has 58 valence electrons. The van der Waals surface area contributed by atoms with Gasteiger partial charge in [0.2, 0.25) is 0 Å². The van der Waals surface area contributed by atoms with Crippen molar-refractivity contribution in [2.75, 3.05) is 6.54 Å². The molecule has 0 saturated heterocycles. The monoisotopic (exact) mass is 204 g/mol. The molecule has 0 saturated carbocycles. The molecule has 0 amide bonds. The SMILES string of the molecule is N=CCCC(Br)C=CCN. The van der Waals surface area contributed by atoms with Crippen molar-refractivity contribution in [2.24, 2.45) is 5.73 Å². The maximum Gasteiger partial charge on any atom is 0.0329 e. The molecule has 0 fully saturated rings. The van der Waals surface area contributed by atoms with E-state index >= 15 is 0 Å². The van der Waals surface area contributed by atoms with Gasteiger partial charge in [-0.3, -0.25) is 0 Å². The number of alkyl halides is 1. The maximum atomic E-state index is 6.78. The fraction of sp³-hybridized carbons (Fsp3) is 0.571. The smallest absolute Gasteiger partial charge is 0.0329 e. The van der Waals surface area contributed by atoms with E-state index in [1.165, 1.54) is 6.21 Å². The van der Waals surface area contributed by atoms with Crippen LogP contribution in [0.4, 0.5) is 0 Å². The number of allylic oxidation sites excluding steroid dienone is 1. The van der Waals surface area contributed by atoms with Gasteiger partial charge in [0.05, 0.1) is 0 Å². The lowest BCUT2D eigenvalue weighted by atomic mass is 10.2. The Morgan fingerprint density at radius 1 is 1.60 bits per heavy atom. The Bertz CT molecular complexity index is 112. The number of nitrogens with one attached hydrogen (secondary N) is 1. The Kier molecular flexibility index (Phi) is 6.86. The van der Waals surface area contributed by atoms with E-state index in [0.29, 0.717) is 11.4 Å². The summed E-state index contributed by atoms with van der Waals surface area (Å²) in [5.41, 5.74) is 5.25. The fourth-order valence-corrected chi connectivity index (χ4v) is 1.05. The van der Waals surface area contributed by atoms with Crippen molar-refractivity contribution < 1.29 is 0 Å². The van der Waals surface area contributed by atoms with Crippen LogP contribution in [0, 0.1) is 5.41 Å². The van der Waals surface area contributed by atoms with E-state index in [1.54, 1.807) is 0 Å². The van der Waals surface area contributed by atoms with Crippen molar-refractivity contribution in [2.45, 2.75) is 17.7 Å². The molecule has 0 aromatic rings. The Morgan fingerprint density at radius 2 is 2.30 bits per heavy atom. The van der Waals surface area contributed by atoms with Crippen molar-refractivity contribution in [3.8, 4) is 0 Å². The van der Waals surface area contributed by atoms with Gasteiger partial charge in [0.25, 0.3) is 0 Å². The summed E-state index contributed by atoms with van der Waals surface area (Å²) in [6.07, 6.45) is 7.15. The molecule has 0 aliphatic heterocycles. The third-order valence-corrected chi connectivity index (χ3v) is 1.83. The standard InChI is InChI=1S/C7H13BrN2/c8-7(3-1-5-9)4-2-6-10/h1,3,6-7,10H,2,4-5,9H2. The quantitative estimate of drug-likeness (QED) is 0.400. The first-order chi connectivity index (χ1) is 4.81. The van der Waals surface area contributed by atoms with Crippen LogP contribution in [0.15, 0.2) is 12.2 Å². The van der Waals surface area contributed by atoms with E-state index in [2.05, 4.69) is 15.9 Å². The highest BCUT2D eigenvalue weighted by Crippen LogP contribution is 2.07. The van der Waals surface area contributed by atoms with Gasteiger partial charge in [0.15, 0.2) is 0 Å². The highest BCUT2D eigenvalue weighted by molar-refractivity contribution is 9.09. The molecule has 0 spiro atoms. The molecular weight excluding hydrogens is 192 g/mol. The van der Waals surface area contributed by atoms with Crippen molar-refractivity contribution in [1.29, 1.82) is 5.41 Å². The minimum Gasteiger partial charge on any atom is -0.327 e. The summed E-state index contributed by atoms with van der Waals surface area (Å²) >= 11 is 3.43. The van der Waals surface area contributed by atoms with Crippen LogP contribution >= 0.6 is 15.9 Å². The fourth-order valence-electron chi connectivity index (χ4n) is 0.565. The van der Waals surface area contributed by atoms with Gasteiger partial charge >= 0.3 is 0 Å². The molecule has 2 nitrogen and oxygen atoms in total. The molecule has 0 bridgehead atoms. The molecular formula is C7H13BrN2. The molecule has 10 heavy (non-hydrogen) atoms. The molecule has 0 rings (SSSR count). The molecule has 0 aromatic heterocycles. The number of hydrogen-bond donors (Lipinski definition) is 2. The molecule has 0 aliphatic carbocycles. The number of hydrogen-bond acceptors (Lipinski definition) is 2. The zero-order valence-corrected chi connectivity index (χ0v) is 7.47. The summed E-state index contributed by atoms with van der Waals surface area (Å²) in [6, 6.07) is 0. The molecule has 1 unspecified atom stereocenters. The minimum atomic E-state index is 0.373. The van der Waals surface area contributed by atoms with Crippen LogP contribution in [0.5, 0.6) is 0 Å². The van der Waals surface area contributed by atoms with Gasteiger partial charge in [-0.05, 0) is 19.1 Å². The van der Waals surface area contributed by atoms with E-state index in [9.17, 15) is 0 Å². The summed E-state index contributed by atoms with van der Waals surface area (Å²) in [5.74, 6) is 0. The first kappa shape index (κ1) is 9.85. The van der Waals surface area contributed by atoms with E-state index < -0.39 is 0 Å². The number of rotatable bonds is 5. The average Bonchev–Trinajstić information content (AvgIpc) is 1.97. The van der Waals surface area contributed by atoms with Gasteiger partial charge in [-0.2, -0.15) is 0 Å². The van der Waals surface area contributed by atoms with Gasteiger partial charge in [0, 0.05) is 11.4 Å². The number of halogens is 1. The predicted octanol–water partition coefficient (Wildman–Crippen LogP) is 1.69. The lowest BCUT2D eigenvalue weighted by Crippen LogP contribution is -1.97. The summed E-state index contributed by atoms with van der Waals surface area (Å²) in [7, 11) is 0. The Morgan fingerprint density at radius 3 is 2.80 bits per heavy atom. The first-order valence-electron chi connectivity index (χ1n) is 3.31. The maximum absolute atomic E-state index is 6.78. The van der Waals surface area contributed by atoms with Crippen molar-refractivity contribution in [3.05, 3.63) is 12.2 Å². The van der Waals surface area contributed by atoms with Crippen LogP contribution in [0.25, 0.3) is 0 Å². The molecule has 0 aliphatic rings. The van der Waals surface area contributed by atoms with Crippen LogP contribution in [-0.2, 0) is 0 Å². The zero-order valence-electron chi connectivity index (χ0n) is 5.89. The topological polar surface area (TPSA) is 49.9 Å². The van der Waals surface area contributed by atoms with Crippen LogP contribution in [0.2, 0.25) is 0 Å². The van der Waals surface area contributed by atoms with Crippen LogP contribution in [0.1, 0.15) is 12.8 Å². The Hall–Kier alpha value is -0.150. The lowest BCUT2D eigenvalue weighted by molar-refractivity contribution is 0.926. The average molecular weight is 205 g/mol. The second kappa shape index (κ2) is 6.96. The van der Waals surface area contributed by atoms with Gasteiger partial charge in [-0.1, -0.05) is 28.1 Å². The largest absolute Gasteiger partial charge is 0.327 e. The summed E-state index contributed by atoms with van der Waals surface area (Å²) < 4.78 is 0. The molecule has 0 heterocycles. The molecule has 3 heteroatoms. The van der Waals surface area contributed by atoms with Crippen LogP contribution in [0.3, 0.4) is 0 Å². The lowest BCUT2D eigenvalue weighted by Gasteiger charge is -1.98. The van der Waals surface area contributed by atoms with Gasteiger partial charge in [-0.15, -0.1) is 0 Å². The summed E-state index contributed by atoms with van der Waals surface area (Å²) in [6.45, 7) is 0.590. The first-order valence-corrected chi connectivity index (χ1v) is 4.22. The number of nitrogens with two attached hydrogens (primary N) is 1. The second-order valence-electron chi connectivity index (χ2n) is 1.96. The van der Waals surface area contributed by atoms with Crippen molar-refractivity contribution in [1.82, 2.24) is 0 Å². The van der Waals surface area contributed by atoms with Gasteiger partial charge in [-0.25, -0.2) is 0 Å². The molecule has 1 atom stereocenters. The summed E-state index contributed by atoms with van der Waals surface area (Å²) in [5, 5.41) is 6.78.